The summed E-state index contributed by atoms with van der Waals surface area (Å²) in [6.45, 7) is 0. The van der Waals surface area contributed by atoms with Crippen LogP contribution in [0.25, 0.3) is 0 Å². The quantitative estimate of drug-likeness (QED) is 0.397. The second-order valence-corrected chi connectivity index (χ2v) is 0.576. The van der Waals surface area contributed by atoms with Gasteiger partial charge in [-0.05, 0) is 0 Å². The van der Waals surface area contributed by atoms with Gasteiger partial charge in [0.15, 0.2) is 0 Å². The van der Waals surface area contributed by atoms with Crippen molar-refractivity contribution in [2.75, 3.05) is 0 Å². The van der Waals surface area contributed by atoms with Crippen LogP contribution >= 0.6 is 11.6 Å². The van der Waals surface area contributed by atoms with Gasteiger partial charge in [0.25, 0.3) is 0 Å². The molecule has 0 amide bonds. The van der Waals surface area contributed by atoms with E-state index in [0.29, 0.717) is 0 Å². The Balaban J connectivity index is 0. The molecular formula is CHClFeO2. The van der Waals surface area contributed by atoms with Gasteiger partial charge < -0.3 is 5.11 Å². The van der Waals surface area contributed by atoms with E-state index in [0.717, 1.165) is 0 Å². The normalized spacial score (nSPS) is 5.00. The summed E-state index contributed by atoms with van der Waals surface area (Å²) >= 11 is 4.19. The topological polar surface area (TPSA) is 37.3 Å². The third kappa shape index (κ3) is 285. The molecule has 0 aromatic rings. The number of rotatable bonds is 0. The number of hydrogen-bond donors (Lipinski definition) is 1. The van der Waals surface area contributed by atoms with Crippen molar-refractivity contribution in [2.45, 2.75) is 0 Å². The van der Waals surface area contributed by atoms with E-state index < -0.39 is 5.43 Å². The second-order valence-electron chi connectivity index (χ2n) is 0.253. The summed E-state index contributed by atoms with van der Waals surface area (Å²) in [7, 11) is 0. The molecule has 0 saturated carbocycles. The van der Waals surface area contributed by atoms with Crippen LogP contribution in [0.2, 0.25) is 0 Å². The monoisotopic (exact) mass is 136 g/mol. The van der Waals surface area contributed by atoms with Gasteiger partial charge in [0.05, 0.1) is 0 Å². The molecule has 0 fully saturated rings. The summed E-state index contributed by atoms with van der Waals surface area (Å²) in [4.78, 5) is 8.77. The first-order chi connectivity index (χ1) is 1.73. The smallest absolute Gasteiger partial charge is 0.401 e. The molecule has 0 unspecified atom stereocenters. The first-order valence-corrected chi connectivity index (χ1v) is 0.995. The Morgan fingerprint density at radius 2 is 1.80 bits per heavy atom. The summed E-state index contributed by atoms with van der Waals surface area (Å²) in [5, 5.41) is 7.18. The molecule has 4 heteroatoms. The summed E-state index contributed by atoms with van der Waals surface area (Å²) < 4.78 is 0. The minimum absolute atomic E-state index is 0. The molecule has 0 saturated heterocycles. The molecule has 2 nitrogen and oxygen atoms in total. The van der Waals surface area contributed by atoms with E-state index in [9.17, 15) is 0 Å². The summed E-state index contributed by atoms with van der Waals surface area (Å²) in [6, 6.07) is 0. The van der Waals surface area contributed by atoms with Crippen LogP contribution in [0.5, 0.6) is 0 Å². The average Bonchev–Trinajstić information content (AvgIpc) is 0.811. The fourth-order valence-corrected chi connectivity index (χ4v) is 0. The zero-order valence-corrected chi connectivity index (χ0v) is 3.95. The molecule has 0 radical (unpaired) electrons. The molecule has 0 aliphatic rings. The molecule has 0 aliphatic carbocycles. The van der Waals surface area contributed by atoms with Crippen LogP contribution in [0, 0.1) is 0 Å². The van der Waals surface area contributed by atoms with E-state index >= 15 is 0 Å². The molecule has 0 aromatic heterocycles. The van der Waals surface area contributed by atoms with E-state index in [1.165, 1.54) is 0 Å². The maximum absolute atomic E-state index is 8.77. The summed E-state index contributed by atoms with van der Waals surface area (Å²) in [6.07, 6.45) is 0. The fourth-order valence-electron chi connectivity index (χ4n) is 0. The van der Waals surface area contributed by atoms with Gasteiger partial charge in [-0.15, -0.1) is 0 Å². The minimum atomic E-state index is -1.36. The van der Waals surface area contributed by atoms with Crippen molar-refractivity contribution in [3.63, 3.8) is 0 Å². The summed E-state index contributed by atoms with van der Waals surface area (Å²) in [5.74, 6) is 0. The van der Waals surface area contributed by atoms with Crippen molar-refractivity contribution in [3.8, 4) is 0 Å². The van der Waals surface area contributed by atoms with E-state index in [2.05, 4.69) is 11.6 Å². The molecule has 0 rings (SSSR count). The van der Waals surface area contributed by atoms with Gasteiger partial charge in [0.2, 0.25) is 0 Å². The number of hydrogen-bond acceptors (Lipinski definition) is 1. The van der Waals surface area contributed by atoms with Gasteiger partial charge in [-0.25, -0.2) is 4.79 Å². The first-order valence-electron chi connectivity index (χ1n) is 0.617. The standard InChI is InChI=1S/CHClO2.Fe/c2-1(3)4;/h(H,3,4);. The fraction of sp³-hybridized carbons (Fsp3) is 0. The van der Waals surface area contributed by atoms with Crippen molar-refractivity contribution in [2.24, 2.45) is 0 Å². The third-order valence-electron chi connectivity index (χ3n) is 0. The van der Waals surface area contributed by atoms with Crippen LogP contribution in [0.4, 0.5) is 4.79 Å². The van der Waals surface area contributed by atoms with Crippen molar-refractivity contribution < 1.29 is 27.0 Å². The molecule has 0 spiro atoms. The molecule has 0 heterocycles. The van der Waals surface area contributed by atoms with Crippen LogP contribution in [0.3, 0.4) is 0 Å². The Morgan fingerprint density at radius 3 is 1.80 bits per heavy atom. The Bertz CT molecular complexity index is 32.6. The van der Waals surface area contributed by atoms with Gasteiger partial charge in [0.1, 0.15) is 0 Å². The number of halogens is 1. The third-order valence-corrected chi connectivity index (χ3v) is 0. The molecule has 1 N–H and O–H groups in total. The Labute approximate surface area is 44.6 Å². The average molecular weight is 136 g/mol. The van der Waals surface area contributed by atoms with E-state index in [-0.39, 0.29) is 17.1 Å². The predicted molar refractivity (Wildman–Crippen MR) is 13.9 cm³/mol. The molecule has 5 heavy (non-hydrogen) atoms. The molecule has 0 atom stereocenters. The van der Waals surface area contributed by atoms with Crippen LogP contribution in [-0.4, -0.2) is 10.5 Å². The van der Waals surface area contributed by atoms with Crippen molar-refractivity contribution in [1.82, 2.24) is 0 Å². The van der Waals surface area contributed by atoms with Gasteiger partial charge in [0, 0.05) is 28.7 Å². The second kappa shape index (κ2) is 4.28. The summed E-state index contributed by atoms with van der Waals surface area (Å²) in [5.41, 5.74) is -1.36. The Hall–Kier alpha value is 0.279. The number of carboxylic acid groups (broad SMARTS) is 1. The molecule has 0 bridgehead atoms. The van der Waals surface area contributed by atoms with Gasteiger partial charge in [-0.1, -0.05) is 0 Å². The van der Waals surface area contributed by atoms with Crippen molar-refractivity contribution >= 4 is 17.0 Å². The van der Waals surface area contributed by atoms with Crippen molar-refractivity contribution in [1.29, 1.82) is 0 Å². The van der Waals surface area contributed by atoms with Crippen LogP contribution in [0.1, 0.15) is 0 Å². The van der Waals surface area contributed by atoms with Crippen LogP contribution < -0.4 is 0 Å². The van der Waals surface area contributed by atoms with Crippen LogP contribution in [0.15, 0.2) is 0 Å². The minimum Gasteiger partial charge on any atom is -0.469 e. The molecule has 0 aromatic carbocycles. The largest absolute Gasteiger partial charge is 0.469 e. The van der Waals surface area contributed by atoms with E-state index in [4.69, 9.17) is 9.90 Å². The SMILES string of the molecule is O=C(O)Cl.[Fe]. The van der Waals surface area contributed by atoms with E-state index in [1.807, 2.05) is 0 Å². The van der Waals surface area contributed by atoms with Gasteiger partial charge in [-0.2, -0.15) is 0 Å². The zero-order chi connectivity index (χ0) is 3.58. The van der Waals surface area contributed by atoms with Crippen molar-refractivity contribution in [3.05, 3.63) is 0 Å². The zero-order valence-electron chi connectivity index (χ0n) is 2.09. The van der Waals surface area contributed by atoms with E-state index in [1.54, 1.807) is 0 Å². The molecule has 32 valence electrons. The molecular weight excluding hydrogens is 135 g/mol. The van der Waals surface area contributed by atoms with Crippen LogP contribution in [-0.2, 0) is 17.1 Å². The first kappa shape index (κ1) is 8.99. The Kier molecular flexibility index (Phi) is 7.69. The maximum atomic E-state index is 8.77. The van der Waals surface area contributed by atoms with Gasteiger partial charge in [-0.3, -0.25) is 0 Å². The number of carbonyl (C=O) groups is 1. The van der Waals surface area contributed by atoms with Gasteiger partial charge >= 0.3 is 5.43 Å². The predicted octanol–water partition coefficient (Wildman–Crippen LogP) is 0.901. The molecule has 0 aliphatic heterocycles. The Morgan fingerprint density at radius 1 is 1.80 bits per heavy atom. The maximum Gasteiger partial charge on any atom is 0.401 e.